The number of thiophene rings is 1. The molecule has 96 valence electrons. The van der Waals surface area contributed by atoms with E-state index in [1.54, 1.807) is 11.3 Å². The van der Waals surface area contributed by atoms with Crippen molar-refractivity contribution in [3.63, 3.8) is 0 Å². The van der Waals surface area contributed by atoms with E-state index in [2.05, 4.69) is 34.3 Å². The van der Waals surface area contributed by atoms with Gasteiger partial charge >= 0.3 is 0 Å². The number of hydrogen-bond acceptors (Lipinski definition) is 3. The van der Waals surface area contributed by atoms with Crippen molar-refractivity contribution in [1.82, 2.24) is 0 Å². The highest BCUT2D eigenvalue weighted by molar-refractivity contribution is 9.10. The van der Waals surface area contributed by atoms with Gasteiger partial charge in [-0.25, -0.2) is 0 Å². The lowest BCUT2D eigenvalue weighted by Gasteiger charge is -2.36. The molecule has 0 aromatic carbocycles. The summed E-state index contributed by atoms with van der Waals surface area (Å²) in [6, 6.07) is 2.10. The van der Waals surface area contributed by atoms with Crippen LogP contribution in [0.3, 0.4) is 0 Å². The summed E-state index contributed by atoms with van der Waals surface area (Å²) in [6.07, 6.45) is 4.69. The van der Waals surface area contributed by atoms with Crippen LogP contribution in [0.4, 0.5) is 0 Å². The number of ether oxygens (including phenoxy) is 1. The van der Waals surface area contributed by atoms with E-state index in [-0.39, 0.29) is 6.10 Å². The molecule has 1 aromatic rings. The molecule has 2 rings (SSSR count). The summed E-state index contributed by atoms with van der Waals surface area (Å²) in [5, 5.41) is 12.7. The maximum atomic E-state index is 10.6. The molecule has 2 atom stereocenters. The predicted octanol–water partition coefficient (Wildman–Crippen LogP) is 3.76. The highest BCUT2D eigenvalue weighted by Gasteiger charge is 2.35. The molecular weight excluding hydrogens is 300 g/mol. The van der Waals surface area contributed by atoms with Gasteiger partial charge < -0.3 is 9.84 Å². The van der Waals surface area contributed by atoms with Crippen molar-refractivity contribution in [3.05, 3.63) is 20.8 Å². The Morgan fingerprint density at radius 1 is 1.65 bits per heavy atom. The molecule has 0 radical (unpaired) electrons. The molecule has 2 heterocycles. The summed E-state index contributed by atoms with van der Waals surface area (Å²) >= 11 is 5.16. The van der Waals surface area contributed by atoms with Crippen LogP contribution in [-0.4, -0.2) is 23.4 Å². The molecule has 0 bridgehead atoms. The van der Waals surface area contributed by atoms with Gasteiger partial charge in [-0.3, -0.25) is 0 Å². The van der Waals surface area contributed by atoms with Crippen LogP contribution in [0.2, 0.25) is 0 Å². The van der Waals surface area contributed by atoms with Crippen molar-refractivity contribution < 1.29 is 9.84 Å². The number of rotatable bonds is 4. The second kappa shape index (κ2) is 5.83. The van der Waals surface area contributed by atoms with Gasteiger partial charge in [-0.2, -0.15) is 0 Å². The maximum Gasteiger partial charge on any atom is 0.0742 e. The zero-order chi connectivity index (χ0) is 12.3. The zero-order valence-corrected chi connectivity index (χ0v) is 12.5. The van der Waals surface area contributed by atoms with Gasteiger partial charge in [0.2, 0.25) is 0 Å². The summed E-state index contributed by atoms with van der Waals surface area (Å²) < 4.78 is 6.80. The van der Waals surface area contributed by atoms with Gasteiger partial charge in [0.05, 0.1) is 11.7 Å². The largest absolute Gasteiger partial charge is 0.389 e. The first-order valence-corrected chi connectivity index (χ1v) is 7.85. The van der Waals surface area contributed by atoms with E-state index in [0.717, 1.165) is 36.6 Å². The first-order valence-electron chi connectivity index (χ1n) is 6.18. The highest BCUT2D eigenvalue weighted by Crippen LogP contribution is 2.32. The maximum absolute atomic E-state index is 10.6. The van der Waals surface area contributed by atoms with Crippen LogP contribution in [-0.2, 0) is 11.2 Å². The van der Waals surface area contributed by atoms with Crippen molar-refractivity contribution in [3.8, 4) is 0 Å². The van der Waals surface area contributed by atoms with Gasteiger partial charge in [0.15, 0.2) is 0 Å². The Morgan fingerprint density at radius 3 is 3.12 bits per heavy atom. The van der Waals surface area contributed by atoms with E-state index >= 15 is 0 Å². The Morgan fingerprint density at radius 2 is 2.47 bits per heavy atom. The number of halogens is 1. The van der Waals surface area contributed by atoms with E-state index in [0.29, 0.717) is 6.61 Å². The lowest BCUT2D eigenvalue weighted by molar-refractivity contribution is -0.104. The predicted molar refractivity (Wildman–Crippen MR) is 74.6 cm³/mol. The van der Waals surface area contributed by atoms with E-state index < -0.39 is 5.60 Å². The minimum atomic E-state index is -0.567. The minimum absolute atomic E-state index is 0.238. The highest BCUT2D eigenvalue weighted by atomic mass is 79.9. The first kappa shape index (κ1) is 13.5. The van der Waals surface area contributed by atoms with Gasteiger partial charge in [-0.05, 0) is 34.8 Å². The Labute approximate surface area is 115 Å². The second-order valence-corrected chi connectivity index (χ2v) is 6.78. The normalized spacial score (nSPS) is 29.5. The van der Waals surface area contributed by atoms with Gasteiger partial charge in [0.1, 0.15) is 0 Å². The summed E-state index contributed by atoms with van der Waals surface area (Å²) in [4.78, 5) is 1.25. The quantitative estimate of drug-likeness (QED) is 0.915. The number of hydrogen-bond donors (Lipinski definition) is 1. The zero-order valence-electron chi connectivity index (χ0n) is 10.1. The van der Waals surface area contributed by atoms with Crippen molar-refractivity contribution in [1.29, 1.82) is 0 Å². The standard InChI is InChI=1S/C13H19BrO2S/c1-2-3-11-7-13(15,4-5-16-11)8-12-6-10(14)9-17-12/h6,9,11,15H,2-5,7-8H2,1H3. The molecular formula is C13H19BrO2S. The summed E-state index contributed by atoms with van der Waals surface area (Å²) in [5.74, 6) is 0. The lowest BCUT2D eigenvalue weighted by atomic mass is 9.85. The van der Waals surface area contributed by atoms with Crippen molar-refractivity contribution in [2.45, 2.75) is 50.7 Å². The van der Waals surface area contributed by atoms with Gasteiger partial charge in [0.25, 0.3) is 0 Å². The van der Waals surface area contributed by atoms with Crippen LogP contribution in [0.5, 0.6) is 0 Å². The van der Waals surface area contributed by atoms with Gasteiger partial charge in [-0.15, -0.1) is 11.3 Å². The Kier molecular flexibility index (Phi) is 4.64. The van der Waals surface area contributed by atoms with Crippen LogP contribution in [0, 0.1) is 0 Å². The second-order valence-electron chi connectivity index (χ2n) is 4.87. The topological polar surface area (TPSA) is 29.5 Å². The van der Waals surface area contributed by atoms with Crippen LogP contribution in [0.1, 0.15) is 37.5 Å². The van der Waals surface area contributed by atoms with Crippen molar-refractivity contribution >= 4 is 27.3 Å². The third-order valence-corrected chi connectivity index (χ3v) is 4.96. The molecule has 1 N–H and O–H groups in total. The Bertz CT molecular complexity index is 364. The molecule has 1 saturated heterocycles. The molecule has 0 saturated carbocycles. The smallest absolute Gasteiger partial charge is 0.0742 e. The molecule has 2 nitrogen and oxygen atoms in total. The van der Waals surface area contributed by atoms with Gasteiger partial charge in [-0.1, -0.05) is 13.3 Å². The molecule has 1 aliphatic heterocycles. The molecule has 0 spiro atoms. The molecule has 4 heteroatoms. The molecule has 1 fully saturated rings. The summed E-state index contributed by atoms with van der Waals surface area (Å²) in [7, 11) is 0. The minimum Gasteiger partial charge on any atom is -0.389 e. The van der Waals surface area contributed by atoms with Crippen LogP contribution < -0.4 is 0 Å². The fourth-order valence-electron chi connectivity index (χ4n) is 2.44. The molecule has 1 aromatic heterocycles. The SMILES string of the molecule is CCCC1CC(O)(Cc2cc(Br)cs2)CCO1. The van der Waals surface area contributed by atoms with Crippen LogP contribution in [0.25, 0.3) is 0 Å². The van der Waals surface area contributed by atoms with Crippen molar-refractivity contribution in [2.75, 3.05) is 6.61 Å². The monoisotopic (exact) mass is 318 g/mol. The molecule has 0 aliphatic carbocycles. The number of aliphatic hydroxyl groups is 1. The molecule has 0 amide bonds. The molecule has 1 aliphatic rings. The first-order chi connectivity index (χ1) is 8.11. The van der Waals surface area contributed by atoms with E-state index in [1.165, 1.54) is 4.88 Å². The third kappa shape index (κ3) is 3.78. The fraction of sp³-hybridized carbons (Fsp3) is 0.692. The van der Waals surface area contributed by atoms with E-state index in [1.807, 2.05) is 0 Å². The van der Waals surface area contributed by atoms with Crippen LogP contribution in [0.15, 0.2) is 15.9 Å². The molecule has 17 heavy (non-hydrogen) atoms. The van der Waals surface area contributed by atoms with E-state index in [9.17, 15) is 5.11 Å². The lowest BCUT2D eigenvalue weighted by Crippen LogP contribution is -2.42. The summed E-state index contributed by atoms with van der Waals surface area (Å²) in [6.45, 7) is 2.85. The Balaban J connectivity index is 1.97. The fourth-order valence-corrected chi connectivity index (χ4v) is 4.03. The van der Waals surface area contributed by atoms with Crippen LogP contribution >= 0.6 is 27.3 Å². The summed E-state index contributed by atoms with van der Waals surface area (Å²) in [5.41, 5.74) is -0.567. The Hall–Kier alpha value is 0.1000. The average molecular weight is 319 g/mol. The van der Waals surface area contributed by atoms with E-state index in [4.69, 9.17) is 4.74 Å². The average Bonchev–Trinajstić information content (AvgIpc) is 2.63. The molecule has 2 unspecified atom stereocenters. The van der Waals surface area contributed by atoms with Crippen molar-refractivity contribution in [2.24, 2.45) is 0 Å². The third-order valence-electron chi connectivity index (χ3n) is 3.26. The van der Waals surface area contributed by atoms with Gasteiger partial charge in [0, 0.05) is 34.2 Å².